The summed E-state index contributed by atoms with van der Waals surface area (Å²) in [4.78, 5) is 4.41. The number of ether oxygens (including phenoxy) is 1. The van der Waals surface area contributed by atoms with E-state index in [0.717, 1.165) is 17.1 Å². The van der Waals surface area contributed by atoms with Crippen molar-refractivity contribution in [2.45, 2.75) is 39.8 Å². The monoisotopic (exact) mass is 292 g/mol. The first kappa shape index (κ1) is 14.6. The van der Waals surface area contributed by atoms with Crippen LogP contribution < -0.4 is 15.8 Å². The molecule has 0 radical (unpaired) electrons. The number of rotatable bonds is 6. The third-order valence-electron chi connectivity index (χ3n) is 2.81. The molecule has 0 saturated carbocycles. The molecule has 5 nitrogen and oxygen atoms in total. The molecular formula is C14H20N4OS. The van der Waals surface area contributed by atoms with Gasteiger partial charge in [-0.05, 0) is 43.4 Å². The van der Waals surface area contributed by atoms with Gasteiger partial charge in [0.25, 0.3) is 0 Å². The molecule has 3 N–H and O–H groups in total. The first-order valence-electron chi connectivity index (χ1n) is 6.70. The smallest absolute Gasteiger partial charge is 0.197 e. The second kappa shape index (κ2) is 6.56. The largest absolute Gasteiger partial charge is 0.484 e. The molecular weight excluding hydrogens is 272 g/mol. The Morgan fingerprint density at radius 2 is 2.25 bits per heavy atom. The second-order valence-corrected chi connectivity index (χ2v) is 5.48. The SMILES string of the molecule is CCc1cccnc1CNc1snc(N)c1OC(C)C. The Morgan fingerprint density at radius 1 is 1.45 bits per heavy atom. The lowest BCUT2D eigenvalue weighted by Gasteiger charge is -2.12. The van der Waals surface area contributed by atoms with Gasteiger partial charge in [0.05, 0.1) is 18.3 Å². The number of nitrogens with two attached hydrogens (primary N) is 1. The Kier molecular flexibility index (Phi) is 4.79. The molecule has 0 aliphatic heterocycles. The Morgan fingerprint density at radius 3 is 2.95 bits per heavy atom. The van der Waals surface area contributed by atoms with Crippen LogP contribution in [0, 0.1) is 0 Å². The number of pyridine rings is 1. The summed E-state index contributed by atoms with van der Waals surface area (Å²) in [5, 5.41) is 4.17. The van der Waals surface area contributed by atoms with Crippen molar-refractivity contribution in [3.63, 3.8) is 0 Å². The Labute approximate surface area is 123 Å². The summed E-state index contributed by atoms with van der Waals surface area (Å²) in [5.74, 6) is 1.07. The van der Waals surface area contributed by atoms with Crippen molar-refractivity contribution in [1.82, 2.24) is 9.36 Å². The maximum atomic E-state index is 5.83. The van der Waals surface area contributed by atoms with E-state index in [2.05, 4.69) is 27.7 Å². The van der Waals surface area contributed by atoms with Crippen LogP contribution in [-0.2, 0) is 13.0 Å². The van der Waals surface area contributed by atoms with Crippen LogP contribution in [0.3, 0.4) is 0 Å². The molecule has 2 aromatic rings. The van der Waals surface area contributed by atoms with Crippen LogP contribution in [0.1, 0.15) is 32.0 Å². The summed E-state index contributed by atoms with van der Waals surface area (Å²) in [6.45, 7) is 6.70. The highest BCUT2D eigenvalue weighted by molar-refractivity contribution is 7.11. The zero-order chi connectivity index (χ0) is 14.5. The molecule has 20 heavy (non-hydrogen) atoms. The molecule has 0 unspecified atom stereocenters. The summed E-state index contributed by atoms with van der Waals surface area (Å²) in [5.41, 5.74) is 8.11. The predicted molar refractivity (Wildman–Crippen MR) is 83.2 cm³/mol. The number of aryl methyl sites for hydroxylation is 1. The molecule has 0 saturated heterocycles. The normalized spacial score (nSPS) is 10.8. The summed E-state index contributed by atoms with van der Waals surface area (Å²) in [7, 11) is 0. The number of nitrogens with zero attached hydrogens (tertiary/aromatic N) is 2. The first-order chi connectivity index (χ1) is 9.61. The minimum atomic E-state index is 0.0651. The van der Waals surface area contributed by atoms with E-state index in [4.69, 9.17) is 10.5 Å². The summed E-state index contributed by atoms with van der Waals surface area (Å²) in [6, 6.07) is 4.05. The predicted octanol–water partition coefficient (Wildman–Crippen LogP) is 3.08. The lowest BCUT2D eigenvalue weighted by molar-refractivity contribution is 0.245. The minimum absolute atomic E-state index is 0.0651. The molecule has 2 rings (SSSR count). The van der Waals surface area contributed by atoms with Gasteiger partial charge in [0.2, 0.25) is 0 Å². The minimum Gasteiger partial charge on any atom is -0.484 e. The zero-order valence-corrected chi connectivity index (χ0v) is 12.8. The zero-order valence-electron chi connectivity index (χ0n) is 12.0. The molecule has 0 aliphatic carbocycles. The van der Waals surface area contributed by atoms with E-state index in [9.17, 15) is 0 Å². The van der Waals surface area contributed by atoms with Crippen molar-refractivity contribution in [2.24, 2.45) is 0 Å². The van der Waals surface area contributed by atoms with E-state index in [-0.39, 0.29) is 6.10 Å². The molecule has 0 amide bonds. The van der Waals surface area contributed by atoms with Crippen molar-refractivity contribution < 1.29 is 4.74 Å². The summed E-state index contributed by atoms with van der Waals surface area (Å²) in [6.07, 6.45) is 2.84. The van der Waals surface area contributed by atoms with E-state index in [1.54, 1.807) is 0 Å². The van der Waals surface area contributed by atoms with E-state index in [0.29, 0.717) is 18.1 Å². The fourth-order valence-corrected chi connectivity index (χ4v) is 2.52. The summed E-state index contributed by atoms with van der Waals surface area (Å²) < 4.78 is 9.84. The molecule has 0 atom stereocenters. The molecule has 0 fully saturated rings. The fourth-order valence-electron chi connectivity index (χ4n) is 1.87. The number of nitrogen functional groups attached to an aromatic ring is 1. The molecule has 0 spiro atoms. The van der Waals surface area contributed by atoms with Gasteiger partial charge in [-0.15, -0.1) is 0 Å². The maximum absolute atomic E-state index is 5.83. The summed E-state index contributed by atoms with van der Waals surface area (Å²) >= 11 is 1.31. The van der Waals surface area contributed by atoms with Crippen LogP contribution >= 0.6 is 11.5 Å². The Hall–Kier alpha value is -1.82. The number of aromatic nitrogens is 2. The van der Waals surface area contributed by atoms with E-state index < -0.39 is 0 Å². The van der Waals surface area contributed by atoms with Crippen LogP contribution in [0.4, 0.5) is 10.8 Å². The number of hydrogen-bond donors (Lipinski definition) is 2. The highest BCUT2D eigenvalue weighted by atomic mass is 32.1. The van der Waals surface area contributed by atoms with Crippen molar-refractivity contribution in [3.8, 4) is 5.75 Å². The molecule has 0 aromatic carbocycles. The van der Waals surface area contributed by atoms with Gasteiger partial charge in [0.1, 0.15) is 0 Å². The van der Waals surface area contributed by atoms with Crippen LogP contribution in [0.5, 0.6) is 5.75 Å². The Balaban J connectivity index is 2.11. The second-order valence-electron chi connectivity index (χ2n) is 4.71. The van der Waals surface area contributed by atoms with Crippen LogP contribution in [0.2, 0.25) is 0 Å². The van der Waals surface area contributed by atoms with E-state index in [1.807, 2.05) is 26.1 Å². The van der Waals surface area contributed by atoms with E-state index in [1.165, 1.54) is 17.1 Å². The highest BCUT2D eigenvalue weighted by Gasteiger charge is 2.14. The number of anilines is 2. The molecule has 0 aliphatic rings. The van der Waals surface area contributed by atoms with E-state index >= 15 is 0 Å². The van der Waals surface area contributed by atoms with Gasteiger partial charge < -0.3 is 15.8 Å². The average molecular weight is 292 g/mol. The molecule has 2 aromatic heterocycles. The third kappa shape index (κ3) is 3.39. The van der Waals surface area contributed by atoms with Gasteiger partial charge in [-0.3, -0.25) is 4.98 Å². The molecule has 108 valence electrons. The van der Waals surface area contributed by atoms with Gasteiger partial charge in [-0.1, -0.05) is 13.0 Å². The highest BCUT2D eigenvalue weighted by Crippen LogP contribution is 2.36. The topological polar surface area (TPSA) is 73.1 Å². The van der Waals surface area contributed by atoms with Gasteiger partial charge >= 0.3 is 0 Å². The average Bonchev–Trinajstić information content (AvgIpc) is 2.77. The molecule has 0 bridgehead atoms. The van der Waals surface area contributed by atoms with Gasteiger partial charge in [-0.25, -0.2) is 0 Å². The van der Waals surface area contributed by atoms with Gasteiger partial charge in [0.15, 0.2) is 16.6 Å². The number of nitrogens with one attached hydrogen (secondary N) is 1. The van der Waals surface area contributed by atoms with Crippen molar-refractivity contribution >= 4 is 22.4 Å². The quantitative estimate of drug-likeness (QED) is 0.856. The van der Waals surface area contributed by atoms with Crippen LogP contribution in [0.25, 0.3) is 0 Å². The van der Waals surface area contributed by atoms with Gasteiger partial charge in [0, 0.05) is 6.20 Å². The lowest BCUT2D eigenvalue weighted by atomic mass is 10.1. The third-order valence-corrected chi connectivity index (χ3v) is 3.61. The standard InChI is InChI=1S/C14H20N4OS/c1-4-10-6-5-7-16-11(10)8-17-14-12(19-9(2)3)13(15)18-20-14/h5-7,9,17H,4,8H2,1-3H3,(H2,15,18). The maximum Gasteiger partial charge on any atom is 0.197 e. The number of hydrogen-bond acceptors (Lipinski definition) is 6. The van der Waals surface area contributed by atoms with Crippen molar-refractivity contribution in [1.29, 1.82) is 0 Å². The first-order valence-corrected chi connectivity index (χ1v) is 7.47. The Bertz CT molecular complexity index is 568. The van der Waals surface area contributed by atoms with Crippen LogP contribution in [0.15, 0.2) is 18.3 Å². The van der Waals surface area contributed by atoms with Crippen molar-refractivity contribution in [3.05, 3.63) is 29.6 Å². The molecule has 2 heterocycles. The fraction of sp³-hybridized carbons (Fsp3) is 0.429. The van der Waals surface area contributed by atoms with Crippen LogP contribution in [-0.4, -0.2) is 15.5 Å². The lowest BCUT2D eigenvalue weighted by Crippen LogP contribution is -2.09. The molecule has 6 heteroatoms. The van der Waals surface area contributed by atoms with Gasteiger partial charge in [-0.2, -0.15) is 4.37 Å². The van der Waals surface area contributed by atoms with Crippen molar-refractivity contribution in [2.75, 3.05) is 11.1 Å².